The number of urea groups is 1. The minimum Gasteiger partial charge on any atom is -0.445 e. The van der Waals surface area contributed by atoms with Gasteiger partial charge in [0.1, 0.15) is 35.8 Å². The Kier molecular flexibility index (Phi) is 34.4. The average Bonchev–Trinajstić information content (AvgIpc) is 1.43. The van der Waals surface area contributed by atoms with Gasteiger partial charge in [-0.15, -0.1) is 11.3 Å². The maximum Gasteiger partial charge on any atom is 0.410 e. The number of amides is 13. The Labute approximate surface area is 602 Å². The number of thiazole rings is 1. The van der Waals surface area contributed by atoms with Crippen LogP contribution >= 0.6 is 11.3 Å². The zero-order valence-corrected chi connectivity index (χ0v) is 62.0. The van der Waals surface area contributed by atoms with E-state index in [1.165, 1.54) is 30.4 Å². The standard InChI is InChI=1S/C72H107N13O16S/c1-14-46(8)63(54(98-12)41-59(90)84-35-19-23-53(84)64(99-13)47(9)65(91)79-52(69-75-34-39-102-69)40-48-20-16-15-17-21-48)82(10)70(95)61(44(4)5)81-68(94)62(45(6)7)83(11)72(97)101-42-49-24-26-50(27-25-49)77-66(92)51(22-18-32-76-71(73)96)78-67(93)60(43(2)3)80-56(87)31-37-100-38-33-74-55(86)30-36-85-57(88)28-29-58(85)89/h15-17,20-21,24-29,34,39,43-47,51-54,60-64H,14,18-19,22-23,30-33,35-38,40-42H2,1-13H3,(H,74,86)(H,77,92)(H,78,93)(H,79,91)(H,80,87)(H,81,94)(H3,73,76,96)/t46-,47+,51-,52-,53-,54+,60-,61-,62-,63-,64+/m0/s1. The highest BCUT2D eigenvalue weighted by atomic mass is 32.1. The molecule has 2 aliphatic heterocycles. The number of aromatic nitrogens is 1. The number of methoxy groups -OCH3 is 2. The minimum atomic E-state index is -1.15. The zero-order chi connectivity index (χ0) is 75.3. The van der Waals surface area contributed by atoms with Crippen molar-refractivity contribution in [2.75, 3.05) is 73.0 Å². The third kappa shape index (κ3) is 25.3. The number of primary amides is 1. The summed E-state index contributed by atoms with van der Waals surface area (Å²) in [6.45, 7) is 16.7. The van der Waals surface area contributed by atoms with E-state index >= 15 is 0 Å². The first kappa shape index (κ1) is 83.8. The molecule has 0 saturated carbocycles. The zero-order valence-electron chi connectivity index (χ0n) is 61.2. The Hall–Kier alpha value is -8.87. The molecule has 1 aromatic heterocycles. The lowest BCUT2D eigenvalue weighted by molar-refractivity contribution is -0.148. The van der Waals surface area contributed by atoms with Gasteiger partial charge in [0.25, 0.3) is 11.8 Å². The van der Waals surface area contributed by atoms with Crippen molar-refractivity contribution in [3.05, 3.63) is 94.5 Å². The number of ether oxygens (including phenoxy) is 4. The number of nitrogens with one attached hydrogen (secondary N) is 7. The van der Waals surface area contributed by atoms with Crippen molar-refractivity contribution in [1.29, 1.82) is 0 Å². The van der Waals surface area contributed by atoms with Crippen molar-refractivity contribution in [2.24, 2.45) is 35.3 Å². The van der Waals surface area contributed by atoms with Crippen LogP contribution in [0.2, 0.25) is 0 Å². The molecule has 0 spiro atoms. The number of likely N-dealkylation sites (N-methyl/N-ethyl adjacent to an activating group) is 2. The van der Waals surface area contributed by atoms with E-state index in [-0.39, 0.29) is 95.3 Å². The molecule has 13 amide bonds. The summed E-state index contributed by atoms with van der Waals surface area (Å²) < 4.78 is 23.4. The maximum atomic E-state index is 14.9. The summed E-state index contributed by atoms with van der Waals surface area (Å²) in [6.07, 6.45) is 4.18. The van der Waals surface area contributed by atoms with E-state index in [9.17, 15) is 57.5 Å². The van der Waals surface area contributed by atoms with E-state index in [4.69, 9.17) is 24.7 Å². The van der Waals surface area contributed by atoms with Gasteiger partial charge >= 0.3 is 12.1 Å². The Balaban J connectivity index is 1.15. The molecule has 3 heterocycles. The Morgan fingerprint density at radius 3 is 1.99 bits per heavy atom. The third-order valence-corrected chi connectivity index (χ3v) is 19.3. The van der Waals surface area contributed by atoms with Gasteiger partial charge in [-0.2, -0.15) is 0 Å². The lowest BCUT2D eigenvalue weighted by Crippen LogP contribution is -2.60. The Bertz CT molecular complexity index is 3290. The van der Waals surface area contributed by atoms with Crippen LogP contribution in [0.5, 0.6) is 0 Å². The van der Waals surface area contributed by atoms with Gasteiger partial charge < -0.3 is 71.7 Å². The number of imide groups is 1. The summed E-state index contributed by atoms with van der Waals surface area (Å²) in [5, 5.41) is 22.1. The number of rotatable bonds is 42. The van der Waals surface area contributed by atoms with Crippen molar-refractivity contribution < 1.29 is 76.5 Å². The molecule has 0 aliphatic carbocycles. The monoisotopic (exact) mass is 1440 g/mol. The first-order valence-corrected chi connectivity index (χ1v) is 35.9. The average molecular weight is 1440 g/mol. The summed E-state index contributed by atoms with van der Waals surface area (Å²) in [5.74, 6) is -6.74. The van der Waals surface area contributed by atoms with E-state index < -0.39 is 132 Å². The lowest BCUT2D eigenvalue weighted by atomic mass is 9.89. The third-order valence-electron chi connectivity index (χ3n) is 18.4. The van der Waals surface area contributed by atoms with Crippen molar-refractivity contribution >= 4 is 88.2 Å². The van der Waals surface area contributed by atoms with Gasteiger partial charge in [0.05, 0.1) is 55.9 Å². The summed E-state index contributed by atoms with van der Waals surface area (Å²) in [6, 6.07) is 9.64. The highest BCUT2D eigenvalue weighted by Gasteiger charge is 2.44. The Morgan fingerprint density at radius 2 is 1.39 bits per heavy atom. The second kappa shape index (κ2) is 41.9. The molecule has 2 aromatic carbocycles. The molecule has 9 N–H and O–H groups in total. The van der Waals surface area contributed by atoms with Crippen LogP contribution in [0, 0.1) is 29.6 Å². The van der Waals surface area contributed by atoms with E-state index in [0.717, 1.165) is 27.6 Å². The molecule has 29 nitrogen and oxygen atoms in total. The number of hydrogen-bond acceptors (Lipinski definition) is 18. The van der Waals surface area contributed by atoms with Crippen LogP contribution in [0.25, 0.3) is 0 Å². The molecule has 0 bridgehead atoms. The molecule has 1 saturated heterocycles. The van der Waals surface area contributed by atoms with Crippen LogP contribution in [0.15, 0.2) is 78.3 Å². The number of benzene rings is 2. The Morgan fingerprint density at radius 1 is 0.716 bits per heavy atom. The molecule has 0 radical (unpaired) electrons. The highest BCUT2D eigenvalue weighted by Crippen LogP contribution is 2.31. The smallest absolute Gasteiger partial charge is 0.410 e. The van der Waals surface area contributed by atoms with Gasteiger partial charge in [-0.25, -0.2) is 14.6 Å². The van der Waals surface area contributed by atoms with Crippen molar-refractivity contribution in [1.82, 2.24) is 56.5 Å². The SMILES string of the molecule is CC[C@H](C)[C@@H]([C@@H](CC(=O)N1CCC[C@H]1[C@H](OC)[C@@H](C)C(=O)N[C@@H](Cc1ccccc1)c1nccs1)OC)N(C)C(=O)[C@@H](NC(=O)[C@H](C(C)C)N(C)C(=O)OCc1ccc(NC(=O)[C@H](CCCNC(N)=O)NC(=O)[C@@H](NC(=O)CCOCCNC(=O)CCN2C(=O)C=CC2=O)C(C)C)cc1)C(C)C. The van der Waals surface area contributed by atoms with Crippen LogP contribution in [0.4, 0.5) is 15.3 Å². The molecule has 1 fully saturated rings. The van der Waals surface area contributed by atoms with Crippen LogP contribution < -0.4 is 43.0 Å². The number of nitrogens with two attached hydrogens (primary N) is 1. The minimum absolute atomic E-state index is 0.0457. The number of nitrogens with zero attached hydrogens (tertiary/aromatic N) is 5. The van der Waals surface area contributed by atoms with Crippen LogP contribution in [0.1, 0.15) is 136 Å². The molecule has 102 heavy (non-hydrogen) atoms. The molecule has 3 aromatic rings. The predicted octanol–water partition coefficient (Wildman–Crippen LogP) is 4.75. The maximum absolute atomic E-state index is 14.9. The number of anilines is 1. The number of carbonyl (C=O) groups is 12. The molecule has 30 heteroatoms. The number of hydrogen-bond donors (Lipinski definition) is 8. The highest BCUT2D eigenvalue weighted by molar-refractivity contribution is 7.09. The van der Waals surface area contributed by atoms with Crippen LogP contribution in [-0.2, 0) is 79.9 Å². The first-order valence-electron chi connectivity index (χ1n) is 35.0. The fraction of sp³-hybridized carbons (Fsp3) is 0.597. The van der Waals surface area contributed by atoms with Gasteiger partial charge in [-0.05, 0) is 79.0 Å². The fourth-order valence-corrected chi connectivity index (χ4v) is 13.2. The number of carbonyl (C=O) groups excluding carboxylic acids is 12. The van der Waals surface area contributed by atoms with Crippen LogP contribution in [-0.4, -0.2) is 212 Å². The summed E-state index contributed by atoms with van der Waals surface area (Å²) in [4.78, 5) is 170. The molecule has 562 valence electrons. The van der Waals surface area contributed by atoms with Gasteiger partial charge in [0.2, 0.25) is 47.3 Å². The quantitative estimate of drug-likeness (QED) is 0.0280. The summed E-state index contributed by atoms with van der Waals surface area (Å²) in [7, 11) is 6.14. The molecular formula is C72H107N13O16S. The van der Waals surface area contributed by atoms with Crippen molar-refractivity contribution in [3.63, 3.8) is 0 Å². The topological polar surface area (TPSA) is 378 Å². The van der Waals surface area contributed by atoms with Crippen molar-refractivity contribution in [3.8, 4) is 0 Å². The van der Waals surface area contributed by atoms with Crippen molar-refractivity contribution in [2.45, 2.75) is 181 Å². The lowest BCUT2D eigenvalue weighted by Gasteiger charge is -2.41. The summed E-state index contributed by atoms with van der Waals surface area (Å²) in [5.41, 5.74) is 7.13. The fourth-order valence-electron chi connectivity index (χ4n) is 12.5. The molecule has 5 rings (SSSR count). The van der Waals surface area contributed by atoms with Gasteiger partial charge in [-0.3, -0.25) is 57.7 Å². The second-order valence-electron chi connectivity index (χ2n) is 26.9. The van der Waals surface area contributed by atoms with E-state index in [1.807, 2.05) is 56.5 Å². The van der Waals surface area contributed by atoms with E-state index in [1.54, 1.807) is 96.0 Å². The first-order chi connectivity index (χ1) is 48.5. The largest absolute Gasteiger partial charge is 0.445 e. The normalized spacial score (nSPS) is 16.6. The second-order valence-corrected chi connectivity index (χ2v) is 27.8. The molecular weight excluding hydrogens is 1330 g/mol. The van der Waals surface area contributed by atoms with Gasteiger partial charge in [0, 0.05) is 96.8 Å². The van der Waals surface area contributed by atoms with Gasteiger partial charge in [-0.1, -0.05) is 111 Å². The van der Waals surface area contributed by atoms with E-state index in [0.29, 0.717) is 43.5 Å². The predicted molar refractivity (Wildman–Crippen MR) is 382 cm³/mol. The molecule has 11 atom stereocenters. The summed E-state index contributed by atoms with van der Waals surface area (Å²) >= 11 is 1.47. The molecule has 2 aliphatic rings. The van der Waals surface area contributed by atoms with E-state index in [2.05, 4.69) is 42.2 Å². The molecule has 0 unspecified atom stereocenters. The van der Waals surface area contributed by atoms with Gasteiger partial charge in [0.15, 0.2) is 0 Å². The number of likely N-dealkylation sites (tertiary alicyclic amines) is 1. The van der Waals surface area contributed by atoms with Crippen LogP contribution in [0.3, 0.4) is 0 Å².